The number of carbonyl (C=O) groups is 1. The van der Waals surface area contributed by atoms with E-state index >= 15 is 0 Å². The normalized spacial score (nSPS) is 21.5. The fourth-order valence-electron chi connectivity index (χ4n) is 2.53. The molecule has 1 fully saturated rings. The molecule has 1 heterocycles. The lowest BCUT2D eigenvalue weighted by Gasteiger charge is -2.35. The van der Waals surface area contributed by atoms with Crippen LogP contribution in [-0.2, 0) is 9.47 Å². The van der Waals surface area contributed by atoms with E-state index in [0.29, 0.717) is 6.61 Å². The number of methoxy groups -OCH3 is 1. The third-order valence-electron chi connectivity index (χ3n) is 3.90. The zero-order valence-corrected chi connectivity index (χ0v) is 13.4. The molecule has 1 unspecified atom stereocenters. The van der Waals surface area contributed by atoms with Crippen LogP contribution in [-0.4, -0.2) is 81.5 Å². The van der Waals surface area contributed by atoms with Crippen LogP contribution in [0.25, 0.3) is 0 Å². The van der Waals surface area contributed by atoms with Crippen LogP contribution >= 0.6 is 0 Å². The Balaban J connectivity index is 2.26. The molecule has 0 saturated carbocycles. The number of nitrogens with zero attached hydrogens (tertiary/aromatic N) is 2. The summed E-state index contributed by atoms with van der Waals surface area (Å²) in [5.74, 6) is 0. The molecule has 0 spiro atoms. The number of hydrogen-bond acceptors (Lipinski definition) is 5. The zero-order chi connectivity index (χ0) is 15.2. The first kappa shape index (κ1) is 17.2. The number of likely N-dealkylation sites (tertiary alicyclic amines) is 1. The standard InChI is InChI=1S/C14H29N3O3/c1-14(2)12(6-8-17(14)13(18)19-5)15-7-10-20-11-9-16(3)4/h12,15H,6-11H2,1-5H3. The lowest BCUT2D eigenvalue weighted by atomic mass is 9.96. The van der Waals surface area contributed by atoms with Crippen molar-refractivity contribution in [3.05, 3.63) is 0 Å². The average molecular weight is 287 g/mol. The summed E-state index contributed by atoms with van der Waals surface area (Å²) >= 11 is 0. The Bertz CT molecular complexity index is 308. The van der Waals surface area contributed by atoms with Gasteiger partial charge in [0.1, 0.15) is 0 Å². The van der Waals surface area contributed by atoms with E-state index in [1.165, 1.54) is 7.11 Å². The van der Waals surface area contributed by atoms with Crippen LogP contribution in [0.3, 0.4) is 0 Å². The summed E-state index contributed by atoms with van der Waals surface area (Å²) < 4.78 is 10.4. The molecule has 0 aromatic carbocycles. The zero-order valence-electron chi connectivity index (χ0n) is 13.4. The molecular weight excluding hydrogens is 258 g/mol. The van der Waals surface area contributed by atoms with Gasteiger partial charge in [0.05, 0.1) is 25.9 Å². The highest BCUT2D eigenvalue weighted by Gasteiger charge is 2.43. The topological polar surface area (TPSA) is 54.0 Å². The van der Waals surface area contributed by atoms with Crippen molar-refractivity contribution in [3.63, 3.8) is 0 Å². The molecule has 1 rings (SSSR count). The Hall–Kier alpha value is -0.850. The van der Waals surface area contributed by atoms with Gasteiger partial charge in [0.15, 0.2) is 0 Å². The monoisotopic (exact) mass is 287 g/mol. The molecule has 1 aliphatic rings. The number of nitrogens with one attached hydrogen (secondary N) is 1. The van der Waals surface area contributed by atoms with Gasteiger partial charge in [0.2, 0.25) is 0 Å². The summed E-state index contributed by atoms with van der Waals surface area (Å²) in [6.07, 6.45) is 0.696. The average Bonchev–Trinajstić information content (AvgIpc) is 2.67. The van der Waals surface area contributed by atoms with Crippen molar-refractivity contribution in [1.82, 2.24) is 15.1 Å². The van der Waals surface area contributed by atoms with E-state index in [1.54, 1.807) is 4.90 Å². The van der Waals surface area contributed by atoms with Crippen LogP contribution in [0, 0.1) is 0 Å². The highest BCUT2D eigenvalue weighted by atomic mass is 16.5. The Morgan fingerprint density at radius 3 is 2.70 bits per heavy atom. The quantitative estimate of drug-likeness (QED) is 0.701. The second kappa shape index (κ2) is 7.81. The molecule has 0 bridgehead atoms. The molecule has 0 aromatic heterocycles. The molecule has 20 heavy (non-hydrogen) atoms. The molecule has 0 aliphatic carbocycles. The maximum absolute atomic E-state index is 11.7. The summed E-state index contributed by atoms with van der Waals surface area (Å²) in [6, 6.07) is 0.277. The lowest BCUT2D eigenvalue weighted by Crippen LogP contribution is -2.53. The van der Waals surface area contributed by atoms with Gasteiger partial charge < -0.3 is 24.6 Å². The molecule has 118 valence electrons. The van der Waals surface area contributed by atoms with Gasteiger partial charge >= 0.3 is 6.09 Å². The van der Waals surface area contributed by atoms with Crippen molar-refractivity contribution in [1.29, 1.82) is 0 Å². The largest absolute Gasteiger partial charge is 0.453 e. The van der Waals surface area contributed by atoms with Gasteiger partial charge in [0.25, 0.3) is 0 Å². The second-order valence-electron chi connectivity index (χ2n) is 5.99. The summed E-state index contributed by atoms with van der Waals surface area (Å²) in [7, 11) is 5.49. The van der Waals surface area contributed by atoms with Crippen LogP contribution < -0.4 is 5.32 Å². The van der Waals surface area contributed by atoms with Gasteiger partial charge in [-0.25, -0.2) is 4.79 Å². The van der Waals surface area contributed by atoms with Gasteiger partial charge in [0, 0.05) is 25.7 Å². The van der Waals surface area contributed by atoms with E-state index in [2.05, 4.69) is 24.1 Å². The van der Waals surface area contributed by atoms with Crippen molar-refractivity contribution in [2.75, 3.05) is 54.1 Å². The molecular formula is C14H29N3O3. The van der Waals surface area contributed by atoms with E-state index < -0.39 is 0 Å². The molecule has 6 heteroatoms. The van der Waals surface area contributed by atoms with E-state index in [4.69, 9.17) is 9.47 Å². The predicted molar refractivity (Wildman–Crippen MR) is 79.0 cm³/mol. The van der Waals surface area contributed by atoms with Gasteiger partial charge in [-0.2, -0.15) is 0 Å². The number of carbonyl (C=O) groups excluding carboxylic acids is 1. The van der Waals surface area contributed by atoms with Crippen molar-refractivity contribution in [3.8, 4) is 0 Å². The lowest BCUT2D eigenvalue weighted by molar-refractivity contribution is 0.0875. The van der Waals surface area contributed by atoms with Gasteiger partial charge in [-0.3, -0.25) is 0 Å². The third kappa shape index (κ3) is 4.61. The summed E-state index contributed by atoms with van der Waals surface area (Å²) in [5.41, 5.74) is -0.225. The van der Waals surface area contributed by atoms with Crippen LogP contribution in [0.5, 0.6) is 0 Å². The first-order valence-corrected chi connectivity index (χ1v) is 7.21. The fourth-order valence-corrected chi connectivity index (χ4v) is 2.53. The Morgan fingerprint density at radius 1 is 1.40 bits per heavy atom. The van der Waals surface area contributed by atoms with Gasteiger partial charge in [-0.05, 0) is 34.4 Å². The minimum atomic E-state index is -0.249. The maximum atomic E-state index is 11.7. The van der Waals surface area contributed by atoms with Crippen LogP contribution in [0.4, 0.5) is 4.79 Å². The maximum Gasteiger partial charge on any atom is 0.409 e. The first-order chi connectivity index (χ1) is 9.39. The smallest absolute Gasteiger partial charge is 0.409 e. The summed E-state index contributed by atoms with van der Waals surface area (Å²) in [6.45, 7) is 8.05. The van der Waals surface area contributed by atoms with E-state index in [-0.39, 0.29) is 17.7 Å². The third-order valence-corrected chi connectivity index (χ3v) is 3.90. The Kier molecular flexibility index (Phi) is 6.71. The number of ether oxygens (including phenoxy) is 2. The number of amides is 1. The molecule has 0 aromatic rings. The minimum Gasteiger partial charge on any atom is -0.453 e. The fraction of sp³-hybridized carbons (Fsp3) is 0.929. The highest BCUT2D eigenvalue weighted by Crippen LogP contribution is 2.29. The van der Waals surface area contributed by atoms with Crippen molar-refractivity contribution < 1.29 is 14.3 Å². The van der Waals surface area contributed by atoms with Crippen LogP contribution in [0.2, 0.25) is 0 Å². The van der Waals surface area contributed by atoms with Crippen LogP contribution in [0.1, 0.15) is 20.3 Å². The van der Waals surface area contributed by atoms with E-state index in [1.807, 2.05) is 14.1 Å². The molecule has 1 atom stereocenters. The van der Waals surface area contributed by atoms with E-state index in [9.17, 15) is 4.79 Å². The Labute approximate surface area is 122 Å². The molecule has 1 amide bonds. The number of rotatable bonds is 7. The molecule has 1 saturated heterocycles. The molecule has 0 radical (unpaired) electrons. The number of hydrogen-bond donors (Lipinski definition) is 1. The van der Waals surface area contributed by atoms with Crippen molar-refractivity contribution >= 4 is 6.09 Å². The van der Waals surface area contributed by atoms with Gasteiger partial charge in [-0.1, -0.05) is 0 Å². The SMILES string of the molecule is COC(=O)N1CCC(NCCOCCN(C)C)C1(C)C. The second-order valence-corrected chi connectivity index (χ2v) is 5.99. The summed E-state index contributed by atoms with van der Waals surface area (Å²) in [5, 5.41) is 3.48. The first-order valence-electron chi connectivity index (χ1n) is 7.21. The minimum absolute atomic E-state index is 0.225. The van der Waals surface area contributed by atoms with Crippen molar-refractivity contribution in [2.24, 2.45) is 0 Å². The molecule has 1 aliphatic heterocycles. The summed E-state index contributed by atoms with van der Waals surface area (Å²) in [4.78, 5) is 15.6. The van der Waals surface area contributed by atoms with Crippen LogP contribution in [0.15, 0.2) is 0 Å². The van der Waals surface area contributed by atoms with Gasteiger partial charge in [-0.15, -0.1) is 0 Å². The highest BCUT2D eigenvalue weighted by molar-refractivity contribution is 5.69. The predicted octanol–water partition coefficient (Wildman–Crippen LogP) is 0.774. The van der Waals surface area contributed by atoms with E-state index in [0.717, 1.165) is 32.7 Å². The number of likely N-dealkylation sites (N-methyl/N-ethyl adjacent to an activating group) is 1. The van der Waals surface area contributed by atoms with Crippen molar-refractivity contribution in [2.45, 2.75) is 31.8 Å². The molecule has 1 N–H and O–H groups in total. The Morgan fingerprint density at radius 2 is 2.10 bits per heavy atom. The molecule has 6 nitrogen and oxygen atoms in total.